The number of nitriles is 1. The summed E-state index contributed by atoms with van der Waals surface area (Å²) in [5, 5.41) is 12.9. The second-order valence-corrected chi connectivity index (χ2v) is 5.03. The van der Waals surface area contributed by atoms with Gasteiger partial charge < -0.3 is 14.8 Å². The van der Waals surface area contributed by atoms with E-state index in [1.807, 2.05) is 18.2 Å². The molecular weight excluding hydrogens is 288 g/mol. The first-order valence-corrected chi connectivity index (χ1v) is 6.97. The van der Waals surface area contributed by atoms with E-state index in [0.717, 1.165) is 17.1 Å². The minimum atomic E-state index is 0.529. The Labute approximate surface area is 127 Å². The molecule has 1 aliphatic heterocycles. The topological polar surface area (TPSA) is 54.3 Å². The average Bonchev–Trinajstić information content (AvgIpc) is 2.53. The molecule has 1 N–H and O–H groups in total. The van der Waals surface area contributed by atoms with Crippen LogP contribution in [0.4, 0.5) is 5.69 Å². The molecule has 5 heteroatoms. The van der Waals surface area contributed by atoms with Gasteiger partial charge in [0.25, 0.3) is 0 Å². The Morgan fingerprint density at radius 2 is 2.05 bits per heavy atom. The third kappa shape index (κ3) is 2.88. The van der Waals surface area contributed by atoms with Gasteiger partial charge in [-0.05, 0) is 24.3 Å². The number of nitrogens with one attached hydrogen (secondary N) is 1. The minimum Gasteiger partial charge on any atom is -0.486 e. The van der Waals surface area contributed by atoms with Crippen molar-refractivity contribution in [3.63, 3.8) is 0 Å². The molecule has 2 aromatic rings. The molecule has 106 valence electrons. The Bertz CT molecular complexity index is 710. The van der Waals surface area contributed by atoms with Crippen LogP contribution in [0.5, 0.6) is 11.5 Å². The van der Waals surface area contributed by atoms with Crippen LogP contribution in [0.2, 0.25) is 5.02 Å². The molecule has 1 aliphatic rings. The van der Waals surface area contributed by atoms with Crippen molar-refractivity contribution in [3.05, 3.63) is 52.5 Å². The number of hydrogen-bond acceptors (Lipinski definition) is 4. The van der Waals surface area contributed by atoms with E-state index in [9.17, 15) is 0 Å². The Hall–Kier alpha value is -2.38. The Kier molecular flexibility index (Phi) is 3.85. The van der Waals surface area contributed by atoms with Crippen LogP contribution in [0.3, 0.4) is 0 Å². The molecule has 0 atom stereocenters. The normalized spacial score (nSPS) is 12.6. The Morgan fingerprint density at radius 1 is 1.19 bits per heavy atom. The van der Waals surface area contributed by atoms with Crippen LogP contribution in [0, 0.1) is 11.3 Å². The van der Waals surface area contributed by atoms with Crippen molar-refractivity contribution < 1.29 is 9.47 Å². The lowest BCUT2D eigenvalue weighted by Crippen LogP contribution is -2.17. The van der Waals surface area contributed by atoms with Gasteiger partial charge in [0.1, 0.15) is 19.3 Å². The van der Waals surface area contributed by atoms with Crippen molar-refractivity contribution >= 4 is 17.3 Å². The lowest BCUT2D eigenvalue weighted by atomic mass is 10.1. The summed E-state index contributed by atoms with van der Waals surface area (Å²) in [5.74, 6) is 1.52. The molecule has 0 saturated heterocycles. The van der Waals surface area contributed by atoms with Crippen LogP contribution < -0.4 is 14.8 Å². The number of rotatable bonds is 3. The molecule has 0 bridgehead atoms. The number of nitrogens with zero attached hydrogens (tertiary/aromatic N) is 1. The smallest absolute Gasteiger partial charge is 0.166 e. The molecule has 21 heavy (non-hydrogen) atoms. The van der Waals surface area contributed by atoms with Crippen LogP contribution in [-0.2, 0) is 6.54 Å². The lowest BCUT2D eigenvalue weighted by molar-refractivity contribution is 0.170. The van der Waals surface area contributed by atoms with Crippen molar-refractivity contribution in [2.45, 2.75) is 6.54 Å². The van der Waals surface area contributed by atoms with E-state index in [4.69, 9.17) is 26.3 Å². The fourth-order valence-electron chi connectivity index (χ4n) is 2.22. The molecule has 1 heterocycles. The zero-order chi connectivity index (χ0) is 14.7. The van der Waals surface area contributed by atoms with E-state index in [-0.39, 0.29) is 0 Å². The lowest BCUT2D eigenvalue weighted by Gasteiger charge is -2.21. The molecule has 0 saturated carbocycles. The Balaban J connectivity index is 1.83. The quantitative estimate of drug-likeness (QED) is 0.941. The number of hydrogen-bond donors (Lipinski definition) is 1. The highest BCUT2D eigenvalue weighted by Gasteiger charge is 2.15. The van der Waals surface area contributed by atoms with E-state index >= 15 is 0 Å². The highest BCUT2D eigenvalue weighted by Crippen LogP contribution is 2.34. The molecule has 0 fully saturated rings. The highest BCUT2D eigenvalue weighted by molar-refractivity contribution is 6.30. The van der Waals surface area contributed by atoms with Crippen molar-refractivity contribution in [3.8, 4) is 17.6 Å². The van der Waals surface area contributed by atoms with Crippen LogP contribution in [0.1, 0.15) is 11.1 Å². The zero-order valence-electron chi connectivity index (χ0n) is 11.2. The standard InChI is InChI=1S/C16H13ClN2O2/c17-13-5-4-11(9-18)14(8-13)19-10-12-2-1-3-15-16(12)21-7-6-20-15/h1-5,8,19H,6-7,10H2. The summed E-state index contributed by atoms with van der Waals surface area (Å²) in [6.07, 6.45) is 0. The molecule has 0 aromatic heterocycles. The molecule has 3 rings (SSSR count). The third-order valence-electron chi connectivity index (χ3n) is 3.22. The molecule has 0 unspecified atom stereocenters. The monoisotopic (exact) mass is 300 g/mol. The number of para-hydroxylation sites is 1. The van der Waals surface area contributed by atoms with Crippen LogP contribution in [0.25, 0.3) is 0 Å². The summed E-state index contributed by atoms with van der Waals surface area (Å²) in [5.41, 5.74) is 2.25. The number of halogens is 1. The second-order valence-electron chi connectivity index (χ2n) is 4.60. The second kappa shape index (κ2) is 5.94. The molecule has 0 radical (unpaired) electrons. The van der Waals surface area contributed by atoms with Gasteiger partial charge in [0.15, 0.2) is 11.5 Å². The maximum atomic E-state index is 9.12. The number of benzene rings is 2. The molecule has 0 spiro atoms. The number of anilines is 1. The maximum Gasteiger partial charge on any atom is 0.166 e. The van der Waals surface area contributed by atoms with E-state index < -0.39 is 0 Å². The number of fused-ring (bicyclic) bond motifs is 1. The predicted octanol–water partition coefficient (Wildman–Crippen LogP) is 3.59. The first-order chi connectivity index (χ1) is 10.3. The van der Waals surface area contributed by atoms with E-state index in [1.165, 1.54) is 0 Å². The Morgan fingerprint density at radius 3 is 2.90 bits per heavy atom. The molecule has 0 amide bonds. The molecule has 2 aromatic carbocycles. The van der Waals surface area contributed by atoms with Crippen LogP contribution in [-0.4, -0.2) is 13.2 Å². The summed E-state index contributed by atoms with van der Waals surface area (Å²) in [6, 6.07) is 13.1. The first kappa shape index (κ1) is 13.6. The van der Waals surface area contributed by atoms with Gasteiger partial charge in [0.05, 0.1) is 11.3 Å². The van der Waals surface area contributed by atoms with Crippen LogP contribution >= 0.6 is 11.6 Å². The highest BCUT2D eigenvalue weighted by atomic mass is 35.5. The fourth-order valence-corrected chi connectivity index (χ4v) is 2.40. The average molecular weight is 301 g/mol. The van der Waals surface area contributed by atoms with Crippen molar-refractivity contribution in [2.75, 3.05) is 18.5 Å². The van der Waals surface area contributed by atoms with E-state index in [1.54, 1.807) is 18.2 Å². The largest absolute Gasteiger partial charge is 0.486 e. The van der Waals surface area contributed by atoms with Crippen molar-refractivity contribution in [1.82, 2.24) is 0 Å². The van der Waals surface area contributed by atoms with Gasteiger partial charge in [-0.25, -0.2) is 0 Å². The van der Waals surface area contributed by atoms with Gasteiger partial charge >= 0.3 is 0 Å². The maximum absolute atomic E-state index is 9.12. The van der Waals surface area contributed by atoms with Gasteiger partial charge in [0, 0.05) is 17.1 Å². The van der Waals surface area contributed by atoms with Gasteiger partial charge in [0.2, 0.25) is 0 Å². The molecular formula is C16H13ClN2O2. The van der Waals surface area contributed by atoms with Gasteiger partial charge in [-0.1, -0.05) is 23.7 Å². The first-order valence-electron chi connectivity index (χ1n) is 6.59. The van der Waals surface area contributed by atoms with Crippen LogP contribution in [0.15, 0.2) is 36.4 Å². The summed E-state index contributed by atoms with van der Waals surface area (Å²) in [6.45, 7) is 1.64. The summed E-state index contributed by atoms with van der Waals surface area (Å²) < 4.78 is 11.2. The SMILES string of the molecule is N#Cc1ccc(Cl)cc1NCc1cccc2c1OCCO2. The minimum absolute atomic E-state index is 0.529. The van der Waals surface area contributed by atoms with Gasteiger partial charge in [-0.3, -0.25) is 0 Å². The summed E-state index contributed by atoms with van der Waals surface area (Å²) >= 11 is 5.98. The summed E-state index contributed by atoms with van der Waals surface area (Å²) in [7, 11) is 0. The van der Waals surface area contributed by atoms with Gasteiger partial charge in [-0.2, -0.15) is 5.26 Å². The van der Waals surface area contributed by atoms with Crippen molar-refractivity contribution in [1.29, 1.82) is 5.26 Å². The van der Waals surface area contributed by atoms with E-state index in [2.05, 4.69) is 11.4 Å². The van der Waals surface area contributed by atoms with E-state index in [0.29, 0.717) is 36.0 Å². The summed E-state index contributed by atoms with van der Waals surface area (Å²) in [4.78, 5) is 0. The predicted molar refractivity (Wildman–Crippen MR) is 80.9 cm³/mol. The zero-order valence-corrected chi connectivity index (χ0v) is 12.0. The molecule has 0 aliphatic carbocycles. The number of ether oxygens (including phenoxy) is 2. The third-order valence-corrected chi connectivity index (χ3v) is 3.45. The fraction of sp³-hybridized carbons (Fsp3) is 0.188. The van der Waals surface area contributed by atoms with Gasteiger partial charge in [-0.15, -0.1) is 0 Å². The molecule has 4 nitrogen and oxygen atoms in total. The van der Waals surface area contributed by atoms with Crippen molar-refractivity contribution in [2.24, 2.45) is 0 Å².